The Kier molecular flexibility index (Phi) is 7.11. The molecule has 9 nitrogen and oxygen atoms in total. The number of carbonyl (C=O) groups is 1. The third-order valence-electron chi connectivity index (χ3n) is 4.08. The zero-order valence-corrected chi connectivity index (χ0v) is 17.4. The lowest BCUT2D eigenvalue weighted by molar-refractivity contribution is -0.386. The van der Waals surface area contributed by atoms with Gasteiger partial charge in [0.2, 0.25) is 0 Å². The number of carbonyl (C=O) groups excluding carboxylic acids is 1. The molecular weight excluding hydrogens is 489 g/mol. The van der Waals surface area contributed by atoms with E-state index < -0.39 is 4.92 Å². The van der Waals surface area contributed by atoms with Gasteiger partial charge in [-0.3, -0.25) is 14.9 Å². The minimum Gasteiger partial charge on any atom is -0.473 e. The Labute approximate surface area is 180 Å². The molecule has 0 fully saturated rings. The van der Waals surface area contributed by atoms with E-state index in [1.165, 1.54) is 18.3 Å². The number of halogens is 1. The third kappa shape index (κ3) is 5.98. The fourth-order valence-electron chi connectivity index (χ4n) is 2.66. The van der Waals surface area contributed by atoms with Crippen LogP contribution >= 0.6 is 22.6 Å². The Hall–Kier alpha value is -3.02. The second-order valence-electron chi connectivity index (χ2n) is 6.16. The number of hydrogen-bond acceptors (Lipinski definition) is 6. The van der Waals surface area contributed by atoms with E-state index in [0.29, 0.717) is 18.5 Å². The predicted molar refractivity (Wildman–Crippen MR) is 114 cm³/mol. The van der Waals surface area contributed by atoms with Crippen LogP contribution in [0.2, 0.25) is 0 Å². The van der Waals surface area contributed by atoms with Crippen LogP contribution in [0, 0.1) is 13.7 Å². The van der Waals surface area contributed by atoms with Gasteiger partial charge in [-0.1, -0.05) is 0 Å². The van der Waals surface area contributed by atoms with Crippen LogP contribution in [0.25, 0.3) is 0 Å². The summed E-state index contributed by atoms with van der Waals surface area (Å²) in [7, 11) is 0. The summed E-state index contributed by atoms with van der Waals surface area (Å²) in [6, 6.07) is 9.81. The third-order valence-corrected chi connectivity index (χ3v) is 4.80. The average molecular weight is 507 g/mol. The fraction of sp³-hybridized carbons (Fsp3) is 0.211. The zero-order chi connectivity index (χ0) is 20.6. The highest BCUT2D eigenvalue weighted by Crippen LogP contribution is 2.23. The first-order chi connectivity index (χ1) is 14.0. The van der Waals surface area contributed by atoms with Gasteiger partial charge in [-0.05, 0) is 52.9 Å². The number of aromatic nitrogens is 3. The number of hydrogen-bond donors (Lipinski definition) is 1. The fourth-order valence-corrected chi connectivity index (χ4v) is 3.02. The molecule has 3 aromatic rings. The van der Waals surface area contributed by atoms with Gasteiger partial charge in [0.05, 0.1) is 23.9 Å². The lowest BCUT2D eigenvalue weighted by Crippen LogP contribution is -2.39. The number of ether oxygens (including phenoxy) is 1. The van der Waals surface area contributed by atoms with Crippen molar-refractivity contribution < 1.29 is 14.5 Å². The molecular formula is C19H18IN5O4. The smallest absolute Gasteiger partial charge is 0.330 e. The molecule has 1 N–H and O–H groups in total. The second kappa shape index (κ2) is 9.96. The van der Waals surface area contributed by atoms with E-state index >= 15 is 0 Å². The van der Waals surface area contributed by atoms with E-state index in [1.54, 1.807) is 30.9 Å². The molecule has 1 amide bonds. The molecule has 0 aliphatic rings. The van der Waals surface area contributed by atoms with Gasteiger partial charge in [-0.25, -0.2) is 9.97 Å². The Morgan fingerprint density at radius 1 is 1.28 bits per heavy atom. The van der Waals surface area contributed by atoms with Crippen molar-refractivity contribution >= 4 is 34.2 Å². The lowest BCUT2D eigenvalue weighted by atomic mass is 10.1. The topological polar surface area (TPSA) is 112 Å². The van der Waals surface area contributed by atoms with Crippen molar-refractivity contribution in [2.24, 2.45) is 0 Å². The maximum Gasteiger partial charge on any atom is 0.330 e. The molecule has 1 unspecified atom stereocenters. The monoisotopic (exact) mass is 507 g/mol. The summed E-state index contributed by atoms with van der Waals surface area (Å²) in [6.07, 6.45) is 6.99. The van der Waals surface area contributed by atoms with E-state index in [2.05, 4.69) is 37.9 Å². The Morgan fingerprint density at radius 2 is 2.07 bits per heavy atom. The summed E-state index contributed by atoms with van der Waals surface area (Å²) in [5, 5.41) is 14.1. The van der Waals surface area contributed by atoms with Gasteiger partial charge in [0.25, 0.3) is 11.8 Å². The molecule has 2 aromatic heterocycles. The van der Waals surface area contributed by atoms with Gasteiger partial charge in [-0.15, -0.1) is 0 Å². The minimum atomic E-state index is -0.538. The molecule has 0 saturated heterocycles. The average Bonchev–Trinajstić information content (AvgIpc) is 3.21. The molecule has 29 heavy (non-hydrogen) atoms. The summed E-state index contributed by atoms with van der Waals surface area (Å²) in [5.41, 5.74) is 0.365. The van der Waals surface area contributed by atoms with E-state index in [1.807, 2.05) is 16.7 Å². The summed E-state index contributed by atoms with van der Waals surface area (Å²) in [5.74, 6) is -0.238. The number of imidazole rings is 1. The quantitative estimate of drug-likeness (QED) is 0.271. The molecule has 0 bridgehead atoms. The molecule has 10 heteroatoms. The highest BCUT2D eigenvalue weighted by Gasteiger charge is 2.18. The highest BCUT2D eigenvalue weighted by atomic mass is 127. The van der Waals surface area contributed by atoms with E-state index in [-0.39, 0.29) is 30.1 Å². The number of nitrogens with one attached hydrogen (secondary N) is 1. The van der Waals surface area contributed by atoms with Crippen LogP contribution < -0.4 is 10.1 Å². The Balaban J connectivity index is 1.65. The van der Waals surface area contributed by atoms with Crippen molar-refractivity contribution in [3.63, 3.8) is 0 Å². The van der Waals surface area contributed by atoms with Gasteiger partial charge >= 0.3 is 5.69 Å². The van der Waals surface area contributed by atoms with Gasteiger partial charge in [0, 0.05) is 46.8 Å². The normalized spacial score (nSPS) is 11.6. The van der Waals surface area contributed by atoms with Gasteiger partial charge in [0.1, 0.15) is 0 Å². The van der Waals surface area contributed by atoms with Crippen molar-refractivity contribution in [1.82, 2.24) is 19.9 Å². The number of benzene rings is 1. The number of amides is 1. The molecule has 2 heterocycles. The standard InChI is InChI=1S/C19H18IN5O4/c20-15-5-3-14(4-6-15)18(26)23-16(12-24-10-9-21-13-24)7-11-29-19-17(25(27)28)2-1-8-22-19/h1-6,8-10,13,16H,7,11-12H2,(H,23,26). The van der Waals surface area contributed by atoms with Crippen LogP contribution in [0.3, 0.4) is 0 Å². The molecule has 1 atom stereocenters. The maximum atomic E-state index is 12.6. The van der Waals surface area contributed by atoms with Gasteiger partial charge in [0.15, 0.2) is 0 Å². The Bertz CT molecular complexity index is 963. The second-order valence-corrected chi connectivity index (χ2v) is 7.40. The van der Waals surface area contributed by atoms with Crippen molar-refractivity contribution in [3.05, 3.63) is 80.6 Å². The molecule has 0 spiro atoms. The van der Waals surface area contributed by atoms with Crippen LogP contribution in [0.4, 0.5) is 5.69 Å². The number of rotatable bonds is 9. The van der Waals surface area contributed by atoms with Crippen LogP contribution in [-0.4, -0.2) is 38.0 Å². The van der Waals surface area contributed by atoms with Gasteiger partial charge < -0.3 is 14.6 Å². The predicted octanol–water partition coefficient (Wildman–Crippen LogP) is 3.06. The first-order valence-corrected chi connectivity index (χ1v) is 9.85. The molecule has 1 aromatic carbocycles. The summed E-state index contributed by atoms with van der Waals surface area (Å²) in [6.45, 7) is 0.647. The SMILES string of the molecule is O=C(NC(CCOc1ncccc1[N+](=O)[O-])Cn1ccnc1)c1ccc(I)cc1. The summed E-state index contributed by atoms with van der Waals surface area (Å²) >= 11 is 2.18. The van der Waals surface area contributed by atoms with E-state index in [4.69, 9.17) is 4.74 Å². The summed E-state index contributed by atoms with van der Waals surface area (Å²) in [4.78, 5) is 31.1. The number of pyridine rings is 1. The number of nitrogens with zero attached hydrogens (tertiary/aromatic N) is 4. The van der Waals surface area contributed by atoms with Crippen LogP contribution in [-0.2, 0) is 6.54 Å². The first kappa shape index (κ1) is 20.7. The molecule has 0 radical (unpaired) electrons. The Morgan fingerprint density at radius 3 is 2.76 bits per heavy atom. The molecule has 3 rings (SSSR count). The van der Waals surface area contributed by atoms with Crippen molar-refractivity contribution in [2.75, 3.05) is 6.61 Å². The lowest BCUT2D eigenvalue weighted by Gasteiger charge is -2.19. The maximum absolute atomic E-state index is 12.6. The zero-order valence-electron chi connectivity index (χ0n) is 15.3. The van der Waals surface area contributed by atoms with Crippen molar-refractivity contribution in [2.45, 2.75) is 19.0 Å². The first-order valence-electron chi connectivity index (χ1n) is 8.77. The molecule has 0 saturated carbocycles. The highest BCUT2D eigenvalue weighted by molar-refractivity contribution is 14.1. The van der Waals surface area contributed by atoms with Crippen molar-refractivity contribution in [1.29, 1.82) is 0 Å². The minimum absolute atomic E-state index is 0.0390. The van der Waals surface area contributed by atoms with E-state index in [9.17, 15) is 14.9 Å². The van der Waals surface area contributed by atoms with Crippen molar-refractivity contribution in [3.8, 4) is 5.88 Å². The van der Waals surface area contributed by atoms with Crippen LogP contribution in [0.15, 0.2) is 61.3 Å². The van der Waals surface area contributed by atoms with Crippen LogP contribution in [0.1, 0.15) is 16.8 Å². The molecule has 150 valence electrons. The van der Waals surface area contributed by atoms with Crippen LogP contribution in [0.5, 0.6) is 5.88 Å². The number of nitro groups is 1. The van der Waals surface area contributed by atoms with E-state index in [0.717, 1.165) is 3.57 Å². The molecule has 0 aliphatic heterocycles. The summed E-state index contributed by atoms with van der Waals surface area (Å²) < 4.78 is 8.41. The molecule has 0 aliphatic carbocycles. The van der Waals surface area contributed by atoms with Gasteiger partial charge in [-0.2, -0.15) is 0 Å². The largest absolute Gasteiger partial charge is 0.473 e.